The number of nitro groups is 5. The summed E-state index contributed by atoms with van der Waals surface area (Å²) < 4.78 is 34.8. The molecule has 1 radical (unpaired) electrons. The molecule has 0 fully saturated rings. The molecule has 0 aromatic heterocycles. The molecule has 71 heavy (non-hydrogen) atoms. The van der Waals surface area contributed by atoms with Crippen LogP contribution in [0, 0.1) is 50.6 Å². The summed E-state index contributed by atoms with van der Waals surface area (Å²) in [4.78, 5) is 48.9. The number of nitrogens with zero attached hydrogens (tertiary/aromatic N) is 11. The van der Waals surface area contributed by atoms with Crippen LogP contribution in [0.5, 0.6) is 34.5 Å². The standard InChI is InChI=1S/C24H16N8O12S.C12H8N4O7.Fe.H3N.Na/c33-20-8-7-17(27-28-18-9-15(31(38)39)10-19(23(18)34)32(40)41)24(35)22(20)29-26-13-3-1-12(2-4-13)25-16-6-5-14(30(36)37)11-21(16)45(42,43)44;17-7-1-2-8(11(18)5-7)13-14-9-3-6(15(20)21)4-10(12(9)19)16(22)23;;;/h1-11,25,33-35H,(H,42,43,44);1-5,17-19H;;1H3;/q;;+3;;+1/p-4. The molecule has 0 bridgehead atoms. The number of nitrogens with one attached hydrogen (secondary N) is 1. The Balaban J connectivity index is 0.000000563. The minimum Gasteiger partial charge on any atom is -0.871 e. The summed E-state index contributed by atoms with van der Waals surface area (Å²) in [6.45, 7) is 0. The van der Waals surface area contributed by atoms with Crippen LogP contribution in [0.15, 0.2) is 133 Å². The number of nitro benzene ring substituents is 5. The van der Waals surface area contributed by atoms with Gasteiger partial charge in [-0.15, -0.1) is 10.2 Å². The molecule has 0 saturated carbocycles. The van der Waals surface area contributed by atoms with Gasteiger partial charge in [-0.2, -0.15) is 20.5 Å². The summed E-state index contributed by atoms with van der Waals surface area (Å²) in [7, 11) is -5.10. The summed E-state index contributed by atoms with van der Waals surface area (Å²) in [6.07, 6.45) is 0. The smallest absolute Gasteiger partial charge is 0.871 e. The Bertz CT molecular complexity index is 3280. The number of non-ortho nitro benzene ring substituents is 3. The molecule has 361 valence electrons. The van der Waals surface area contributed by atoms with Crippen molar-refractivity contribution >= 4 is 84.1 Å². The topological polar surface area (TPSA) is 524 Å². The Labute approximate surface area is 425 Å². The number of rotatable bonds is 14. The van der Waals surface area contributed by atoms with E-state index in [-0.39, 0.29) is 81.3 Å². The molecule has 6 aromatic carbocycles. The average molecular weight is 1050 g/mol. The maximum absolute atomic E-state index is 12.8. The molecular formula is C36H23FeN13NaO19S. The molecule has 0 aliphatic rings. The van der Waals surface area contributed by atoms with E-state index in [1.807, 2.05) is 0 Å². The van der Waals surface area contributed by atoms with E-state index in [9.17, 15) is 89.1 Å². The van der Waals surface area contributed by atoms with Crippen molar-refractivity contribution in [1.29, 1.82) is 0 Å². The summed E-state index contributed by atoms with van der Waals surface area (Å²) in [5.41, 5.74) is -6.83. The van der Waals surface area contributed by atoms with Gasteiger partial charge >= 0.3 is 52.3 Å². The Morgan fingerprint density at radius 1 is 0.521 bits per heavy atom. The van der Waals surface area contributed by atoms with Gasteiger partial charge in [-0.3, -0.25) is 50.6 Å². The fraction of sp³-hybridized carbons (Fsp3) is 0. The molecule has 35 heteroatoms. The van der Waals surface area contributed by atoms with Gasteiger partial charge in [0.15, 0.2) is 0 Å². The molecule has 7 N–H and O–H groups in total. The minimum atomic E-state index is -5.10. The first kappa shape index (κ1) is 58.2. The van der Waals surface area contributed by atoms with E-state index in [0.29, 0.717) is 24.3 Å². The van der Waals surface area contributed by atoms with E-state index in [4.69, 9.17) is 5.11 Å². The van der Waals surface area contributed by atoms with E-state index < -0.39 is 120 Å². The van der Waals surface area contributed by atoms with Crippen molar-refractivity contribution in [1.82, 2.24) is 6.15 Å². The van der Waals surface area contributed by atoms with Crippen LogP contribution in [-0.4, -0.2) is 52.9 Å². The van der Waals surface area contributed by atoms with Crippen molar-refractivity contribution in [2.45, 2.75) is 4.90 Å². The van der Waals surface area contributed by atoms with Crippen LogP contribution in [0.4, 0.5) is 73.9 Å². The van der Waals surface area contributed by atoms with Gasteiger partial charge in [0.25, 0.3) is 22.7 Å². The number of phenolic OH excluding ortho intramolecular Hbond substituents is 3. The van der Waals surface area contributed by atoms with Crippen LogP contribution >= 0.6 is 0 Å². The zero-order valence-corrected chi connectivity index (χ0v) is 38.9. The number of benzene rings is 6. The van der Waals surface area contributed by atoms with Crippen LogP contribution in [0.25, 0.3) is 0 Å². The first-order chi connectivity index (χ1) is 31.9. The largest absolute Gasteiger partial charge is 3.00 e. The van der Waals surface area contributed by atoms with Crippen molar-refractivity contribution in [3.8, 4) is 34.5 Å². The third kappa shape index (κ3) is 14.6. The van der Waals surface area contributed by atoms with E-state index in [0.717, 1.165) is 36.4 Å². The summed E-state index contributed by atoms with van der Waals surface area (Å²) in [5.74, 6) is -4.86. The Kier molecular flexibility index (Phi) is 20.0. The molecule has 6 rings (SSSR count). The molecule has 0 saturated heterocycles. The normalized spacial score (nSPS) is 10.8. The Morgan fingerprint density at radius 2 is 1.04 bits per heavy atom. The predicted molar refractivity (Wildman–Crippen MR) is 224 cm³/mol. The quantitative estimate of drug-likeness (QED) is 0.0333. The van der Waals surface area contributed by atoms with Crippen LogP contribution in [-0.2, 0) is 27.2 Å². The monoisotopic (exact) mass is 1050 g/mol. The molecule has 0 aliphatic heterocycles. The molecule has 0 spiro atoms. The van der Waals surface area contributed by atoms with Gasteiger partial charge in [0.2, 0.25) is 5.75 Å². The van der Waals surface area contributed by atoms with E-state index in [1.54, 1.807) is 0 Å². The van der Waals surface area contributed by atoms with Crippen molar-refractivity contribution in [3.05, 3.63) is 148 Å². The molecule has 6 aromatic rings. The molecule has 0 unspecified atom stereocenters. The zero-order valence-electron chi connectivity index (χ0n) is 35.0. The number of hydrogen-bond acceptors (Lipinski definition) is 27. The van der Waals surface area contributed by atoms with E-state index in [1.165, 1.54) is 36.4 Å². The van der Waals surface area contributed by atoms with Crippen molar-refractivity contribution in [3.63, 3.8) is 0 Å². The van der Waals surface area contributed by atoms with Gasteiger partial charge in [0.1, 0.15) is 33.0 Å². The molecule has 32 nitrogen and oxygen atoms in total. The second-order valence-electron chi connectivity index (χ2n) is 12.8. The molecular weight excluding hydrogens is 1030 g/mol. The first-order valence-corrected chi connectivity index (χ1v) is 19.0. The number of phenols is 3. The minimum absolute atomic E-state index is 0. The van der Waals surface area contributed by atoms with Crippen LogP contribution in [0.1, 0.15) is 0 Å². The molecule has 0 heterocycles. The fourth-order valence-corrected chi connectivity index (χ4v) is 5.80. The van der Waals surface area contributed by atoms with Crippen LogP contribution in [0.2, 0.25) is 0 Å². The number of aromatic hydroxyl groups is 3. The van der Waals surface area contributed by atoms with Crippen molar-refractivity contribution in [2.75, 3.05) is 5.32 Å². The summed E-state index contributed by atoms with van der Waals surface area (Å²) in [6, 6.07) is 15.5. The predicted octanol–water partition coefficient (Wildman–Crippen LogP) is 4.31. The maximum Gasteiger partial charge on any atom is 3.00 e. The van der Waals surface area contributed by atoms with Gasteiger partial charge in [0, 0.05) is 41.8 Å². The van der Waals surface area contributed by atoms with Crippen LogP contribution < -0.4 is 56.3 Å². The van der Waals surface area contributed by atoms with E-state index >= 15 is 0 Å². The third-order valence-corrected chi connectivity index (χ3v) is 9.20. The zero-order chi connectivity index (χ0) is 50.2. The van der Waals surface area contributed by atoms with Gasteiger partial charge in [-0.1, -0.05) is 17.6 Å². The Morgan fingerprint density at radius 3 is 1.59 bits per heavy atom. The summed E-state index contributed by atoms with van der Waals surface area (Å²) in [5, 5.41) is 144. The number of azo groups is 3. The second-order valence-corrected chi connectivity index (χ2v) is 14.1. The van der Waals surface area contributed by atoms with E-state index in [2.05, 4.69) is 36.0 Å². The second kappa shape index (κ2) is 24.4. The number of hydrogen-bond donors (Lipinski definition) is 5. The van der Waals surface area contributed by atoms with Gasteiger partial charge in [-0.05, 0) is 48.5 Å². The van der Waals surface area contributed by atoms with Crippen LogP contribution in [0.3, 0.4) is 0 Å². The van der Waals surface area contributed by atoms with Crippen molar-refractivity contribution in [2.24, 2.45) is 30.7 Å². The molecule has 0 atom stereocenters. The first-order valence-electron chi connectivity index (χ1n) is 17.6. The molecule has 0 amide bonds. The maximum atomic E-state index is 12.8. The van der Waals surface area contributed by atoms with Gasteiger partial charge in [-0.25, -0.2) is 8.42 Å². The number of anilines is 2. The fourth-order valence-electron chi connectivity index (χ4n) is 5.15. The van der Waals surface area contributed by atoms with Gasteiger partial charge < -0.3 is 46.7 Å². The van der Waals surface area contributed by atoms with Gasteiger partial charge in [0.05, 0.1) is 70.1 Å². The van der Waals surface area contributed by atoms with Crippen molar-refractivity contribution < 1.29 is 115 Å². The molecule has 0 aliphatic carbocycles. The SMILES string of the molecule is N.O=[N+]([O-])c1cc(N=Nc2ccc(O)cc2O)c(O)c([N+](=O)[O-])c1.O=[N+]([O-])c1cc(N=Nc2ccc([O-])c(N=Nc3ccc(Nc4ccc([N+](=O)[O-])cc4S(=O)(=O)[O-])cc3)c2[O-])c([O-])c([N+](=O)[O-])c1.[Fe+3].[Na+]. The Hall–Kier alpha value is -8.89. The average Bonchev–Trinajstić information content (AvgIpc) is 3.26. The summed E-state index contributed by atoms with van der Waals surface area (Å²) >= 11 is 0. The third-order valence-electron chi connectivity index (χ3n) is 8.32.